The molecular formula is C23H23FN2O3S. The molecule has 1 amide bonds. The van der Waals surface area contributed by atoms with Crippen LogP contribution in [0, 0.1) is 5.82 Å². The van der Waals surface area contributed by atoms with Crippen molar-refractivity contribution in [2.75, 3.05) is 0 Å². The molecule has 0 aliphatic rings. The predicted molar refractivity (Wildman–Crippen MR) is 114 cm³/mol. The van der Waals surface area contributed by atoms with Gasteiger partial charge in [0.1, 0.15) is 11.9 Å². The first-order valence-electron chi connectivity index (χ1n) is 9.52. The summed E-state index contributed by atoms with van der Waals surface area (Å²) in [7, 11) is -4.02. The summed E-state index contributed by atoms with van der Waals surface area (Å²) in [5.41, 5.74) is 1.72. The Bertz CT molecular complexity index is 1070. The number of sulfonamides is 1. The third kappa shape index (κ3) is 5.75. The van der Waals surface area contributed by atoms with E-state index in [1.165, 1.54) is 12.1 Å². The Morgan fingerprint density at radius 3 is 2.07 bits per heavy atom. The third-order valence-corrected chi connectivity index (χ3v) is 6.17. The fourth-order valence-electron chi connectivity index (χ4n) is 3.05. The Balaban J connectivity index is 1.82. The first-order valence-corrected chi connectivity index (χ1v) is 11.0. The highest BCUT2D eigenvalue weighted by molar-refractivity contribution is 7.89. The Hall–Kier alpha value is -3.03. The van der Waals surface area contributed by atoms with E-state index in [1.54, 1.807) is 0 Å². The summed E-state index contributed by atoms with van der Waals surface area (Å²) >= 11 is 0. The maximum atomic E-state index is 13.2. The average molecular weight is 427 g/mol. The maximum absolute atomic E-state index is 13.2. The van der Waals surface area contributed by atoms with Crippen molar-refractivity contribution in [1.29, 1.82) is 0 Å². The summed E-state index contributed by atoms with van der Waals surface area (Å²) in [4.78, 5) is 12.9. The zero-order valence-corrected chi connectivity index (χ0v) is 17.3. The molecule has 0 aliphatic carbocycles. The highest BCUT2D eigenvalue weighted by Crippen LogP contribution is 2.15. The largest absolute Gasteiger partial charge is 0.348 e. The minimum Gasteiger partial charge on any atom is -0.348 e. The van der Waals surface area contributed by atoms with Gasteiger partial charge in [-0.15, -0.1) is 0 Å². The molecule has 0 fully saturated rings. The van der Waals surface area contributed by atoms with E-state index in [0.29, 0.717) is 0 Å². The third-order valence-electron chi connectivity index (χ3n) is 4.68. The van der Waals surface area contributed by atoms with Crippen molar-refractivity contribution in [2.45, 2.75) is 30.3 Å². The summed E-state index contributed by atoms with van der Waals surface area (Å²) in [6.07, 6.45) is 0.175. The van der Waals surface area contributed by atoms with Crippen LogP contribution in [0.25, 0.3) is 0 Å². The van der Waals surface area contributed by atoms with Crippen LogP contribution < -0.4 is 10.0 Å². The molecule has 0 spiro atoms. The molecule has 7 heteroatoms. The minimum atomic E-state index is -4.02. The zero-order chi connectivity index (χ0) is 21.6. The molecule has 30 heavy (non-hydrogen) atoms. The van der Waals surface area contributed by atoms with Gasteiger partial charge in [0, 0.05) is 0 Å². The first-order chi connectivity index (χ1) is 14.3. The molecule has 0 aromatic heterocycles. The molecule has 3 aromatic rings. The van der Waals surface area contributed by atoms with Gasteiger partial charge in [-0.05, 0) is 48.7 Å². The Morgan fingerprint density at radius 1 is 0.900 bits per heavy atom. The van der Waals surface area contributed by atoms with Crippen LogP contribution in [-0.4, -0.2) is 20.4 Å². The van der Waals surface area contributed by atoms with Crippen molar-refractivity contribution in [3.05, 3.63) is 102 Å². The second-order valence-electron chi connectivity index (χ2n) is 6.96. The second-order valence-corrected chi connectivity index (χ2v) is 8.67. The molecule has 0 saturated heterocycles. The van der Waals surface area contributed by atoms with E-state index in [2.05, 4.69) is 10.0 Å². The number of benzene rings is 3. The van der Waals surface area contributed by atoms with Gasteiger partial charge in [-0.1, -0.05) is 60.7 Å². The van der Waals surface area contributed by atoms with E-state index in [1.807, 2.05) is 67.6 Å². The lowest BCUT2D eigenvalue weighted by molar-refractivity contribution is -0.123. The number of rotatable bonds is 8. The second kappa shape index (κ2) is 9.65. The van der Waals surface area contributed by atoms with Crippen LogP contribution in [-0.2, 0) is 21.2 Å². The van der Waals surface area contributed by atoms with Crippen LogP contribution >= 0.6 is 0 Å². The van der Waals surface area contributed by atoms with Gasteiger partial charge in [0.15, 0.2) is 0 Å². The van der Waals surface area contributed by atoms with Crippen molar-refractivity contribution in [3.63, 3.8) is 0 Å². The highest BCUT2D eigenvalue weighted by Gasteiger charge is 2.27. The molecule has 0 heterocycles. The zero-order valence-electron chi connectivity index (χ0n) is 16.5. The minimum absolute atomic E-state index is 0.106. The summed E-state index contributed by atoms with van der Waals surface area (Å²) in [5.74, 6) is -0.981. The van der Waals surface area contributed by atoms with Crippen molar-refractivity contribution in [2.24, 2.45) is 0 Å². The predicted octanol–water partition coefficient (Wildman–Crippen LogP) is 3.59. The topological polar surface area (TPSA) is 75.3 Å². The molecule has 0 radical (unpaired) electrons. The number of nitrogens with one attached hydrogen (secondary N) is 2. The lowest BCUT2D eigenvalue weighted by atomic mass is 10.0. The number of hydrogen-bond donors (Lipinski definition) is 2. The van der Waals surface area contributed by atoms with Gasteiger partial charge in [-0.25, -0.2) is 12.8 Å². The number of hydrogen-bond acceptors (Lipinski definition) is 3. The summed E-state index contributed by atoms with van der Waals surface area (Å²) in [5, 5.41) is 2.87. The van der Waals surface area contributed by atoms with Gasteiger partial charge in [-0.2, -0.15) is 4.72 Å². The van der Waals surface area contributed by atoms with E-state index in [9.17, 15) is 17.6 Å². The van der Waals surface area contributed by atoms with Crippen molar-refractivity contribution in [1.82, 2.24) is 10.0 Å². The van der Waals surface area contributed by atoms with E-state index in [0.717, 1.165) is 23.3 Å². The quantitative estimate of drug-likeness (QED) is 0.578. The maximum Gasteiger partial charge on any atom is 0.241 e. The molecule has 0 unspecified atom stereocenters. The lowest BCUT2D eigenvalue weighted by Gasteiger charge is -2.22. The number of carbonyl (C=O) groups excluding carboxylic acids is 1. The SMILES string of the molecule is C[C@@H](NC(=O)[C@@H](Cc1ccccc1)NS(=O)(=O)c1ccc(F)cc1)c1ccccc1. The van der Waals surface area contributed by atoms with Gasteiger partial charge in [0.05, 0.1) is 10.9 Å². The Labute approximate surface area is 176 Å². The Morgan fingerprint density at radius 2 is 1.47 bits per heavy atom. The van der Waals surface area contributed by atoms with Crippen LogP contribution in [0.3, 0.4) is 0 Å². The van der Waals surface area contributed by atoms with Gasteiger partial charge < -0.3 is 5.32 Å². The summed E-state index contributed by atoms with van der Waals surface area (Å²) < 4.78 is 41.2. The van der Waals surface area contributed by atoms with Crippen LogP contribution in [0.1, 0.15) is 24.1 Å². The summed E-state index contributed by atoms with van der Waals surface area (Å²) in [6.45, 7) is 1.83. The monoisotopic (exact) mass is 426 g/mol. The van der Waals surface area contributed by atoms with Crippen LogP contribution in [0.15, 0.2) is 89.8 Å². The highest BCUT2D eigenvalue weighted by atomic mass is 32.2. The number of halogens is 1. The molecular weight excluding hydrogens is 403 g/mol. The van der Waals surface area contributed by atoms with E-state index in [-0.39, 0.29) is 17.4 Å². The van der Waals surface area contributed by atoms with Gasteiger partial charge in [-0.3, -0.25) is 4.79 Å². The number of amides is 1. The molecule has 0 aliphatic heterocycles. The van der Waals surface area contributed by atoms with Crippen LogP contribution in [0.4, 0.5) is 4.39 Å². The van der Waals surface area contributed by atoms with Crippen LogP contribution in [0.5, 0.6) is 0 Å². The molecule has 2 N–H and O–H groups in total. The summed E-state index contributed by atoms with van der Waals surface area (Å²) in [6, 6.07) is 21.7. The molecule has 0 saturated carbocycles. The molecule has 5 nitrogen and oxygen atoms in total. The Kier molecular flexibility index (Phi) is 6.97. The average Bonchev–Trinajstić information content (AvgIpc) is 2.74. The smallest absolute Gasteiger partial charge is 0.241 e. The molecule has 156 valence electrons. The first kappa shape index (κ1) is 21.7. The van der Waals surface area contributed by atoms with E-state index >= 15 is 0 Å². The molecule has 3 rings (SSSR count). The van der Waals surface area contributed by atoms with Gasteiger partial charge in [0.25, 0.3) is 0 Å². The van der Waals surface area contributed by atoms with E-state index in [4.69, 9.17) is 0 Å². The molecule has 2 atom stereocenters. The lowest BCUT2D eigenvalue weighted by Crippen LogP contribution is -2.48. The van der Waals surface area contributed by atoms with Crippen molar-refractivity contribution < 1.29 is 17.6 Å². The van der Waals surface area contributed by atoms with Gasteiger partial charge >= 0.3 is 0 Å². The van der Waals surface area contributed by atoms with E-state index < -0.39 is 27.8 Å². The fourth-order valence-corrected chi connectivity index (χ4v) is 4.24. The standard InChI is InChI=1S/C23H23FN2O3S/c1-17(19-10-6-3-7-11-19)25-23(27)22(16-18-8-4-2-5-9-18)26-30(28,29)21-14-12-20(24)13-15-21/h2-15,17,22,26H,16H2,1H3,(H,25,27)/t17-,22-/m1/s1. The molecule has 3 aromatic carbocycles. The number of carbonyl (C=O) groups is 1. The van der Waals surface area contributed by atoms with Gasteiger partial charge in [0.2, 0.25) is 15.9 Å². The van der Waals surface area contributed by atoms with Crippen LogP contribution in [0.2, 0.25) is 0 Å². The fraction of sp³-hybridized carbons (Fsp3) is 0.174. The normalized spacial score (nSPS) is 13.4. The van der Waals surface area contributed by atoms with Crippen molar-refractivity contribution in [3.8, 4) is 0 Å². The van der Waals surface area contributed by atoms with Crippen molar-refractivity contribution >= 4 is 15.9 Å². The molecule has 0 bridgehead atoms.